The second-order valence-electron chi connectivity index (χ2n) is 9.73. The van der Waals surface area contributed by atoms with E-state index in [1.165, 1.54) is 35.0 Å². The molecule has 0 spiro atoms. The molecule has 4 aromatic carbocycles. The molecule has 198 valence electrons. The van der Waals surface area contributed by atoms with E-state index in [0.717, 1.165) is 17.5 Å². The summed E-state index contributed by atoms with van der Waals surface area (Å²) in [7, 11) is 0. The zero-order valence-electron chi connectivity index (χ0n) is 21.8. The fourth-order valence-electron chi connectivity index (χ4n) is 5.15. The molecule has 0 saturated carbocycles. The SMILES string of the molecule is Cc1ccccc1C(=O)N1C(C(=O)NCCC(c2ccccc2)c2ccccc2)CSC1c1ccc(F)cc1. The average Bonchev–Trinajstić information content (AvgIpc) is 3.42. The Morgan fingerprint density at radius 1 is 0.872 bits per heavy atom. The lowest BCUT2D eigenvalue weighted by Crippen LogP contribution is -2.48. The van der Waals surface area contributed by atoms with Crippen LogP contribution >= 0.6 is 11.8 Å². The van der Waals surface area contributed by atoms with Gasteiger partial charge in [-0.1, -0.05) is 91.0 Å². The zero-order valence-corrected chi connectivity index (χ0v) is 22.6. The molecule has 39 heavy (non-hydrogen) atoms. The average molecular weight is 539 g/mol. The number of benzene rings is 4. The van der Waals surface area contributed by atoms with Crippen LogP contribution in [0.15, 0.2) is 109 Å². The molecule has 1 saturated heterocycles. The Labute approximate surface area is 233 Å². The summed E-state index contributed by atoms with van der Waals surface area (Å²) in [6.45, 7) is 2.37. The van der Waals surface area contributed by atoms with E-state index in [-0.39, 0.29) is 28.9 Å². The standard InChI is InChI=1S/C33H31FN2O2S/c1-23-10-8-9-15-28(23)32(38)36-30(22-39-33(36)26-16-18-27(34)19-17-26)31(37)35-21-20-29(24-11-4-2-5-12-24)25-13-6-3-7-14-25/h2-19,29-30,33H,20-22H2,1H3,(H,35,37). The van der Waals surface area contributed by atoms with Crippen LogP contribution in [-0.2, 0) is 4.79 Å². The van der Waals surface area contributed by atoms with Crippen molar-refractivity contribution in [2.24, 2.45) is 0 Å². The Bertz CT molecular complexity index is 1370. The van der Waals surface area contributed by atoms with Gasteiger partial charge in [0, 0.05) is 23.8 Å². The lowest BCUT2D eigenvalue weighted by Gasteiger charge is -2.30. The van der Waals surface area contributed by atoms with E-state index in [9.17, 15) is 14.0 Å². The van der Waals surface area contributed by atoms with Crippen molar-refractivity contribution in [2.45, 2.75) is 30.7 Å². The second-order valence-corrected chi connectivity index (χ2v) is 10.8. The Balaban J connectivity index is 1.35. The largest absolute Gasteiger partial charge is 0.354 e. The maximum absolute atomic E-state index is 13.8. The first-order valence-corrected chi connectivity index (χ1v) is 14.2. The lowest BCUT2D eigenvalue weighted by atomic mass is 9.88. The molecule has 2 atom stereocenters. The fourth-order valence-corrected chi connectivity index (χ4v) is 6.58. The number of halogens is 1. The van der Waals surface area contributed by atoms with Crippen LogP contribution in [0, 0.1) is 12.7 Å². The number of nitrogens with zero attached hydrogens (tertiary/aromatic N) is 1. The van der Waals surface area contributed by atoms with Crippen LogP contribution in [0.4, 0.5) is 4.39 Å². The summed E-state index contributed by atoms with van der Waals surface area (Å²) in [6.07, 6.45) is 0.729. The number of nitrogens with one attached hydrogen (secondary N) is 1. The van der Waals surface area contributed by atoms with Crippen molar-refractivity contribution in [2.75, 3.05) is 12.3 Å². The summed E-state index contributed by atoms with van der Waals surface area (Å²) in [6, 6.07) is 33.5. The smallest absolute Gasteiger partial charge is 0.256 e. The summed E-state index contributed by atoms with van der Waals surface area (Å²) < 4.78 is 13.7. The minimum absolute atomic E-state index is 0.141. The molecule has 1 aliphatic rings. The molecule has 6 heteroatoms. The van der Waals surface area contributed by atoms with Crippen molar-refractivity contribution < 1.29 is 14.0 Å². The van der Waals surface area contributed by atoms with E-state index in [0.29, 0.717) is 17.9 Å². The van der Waals surface area contributed by atoms with E-state index >= 15 is 0 Å². The molecule has 1 aliphatic heterocycles. The van der Waals surface area contributed by atoms with E-state index < -0.39 is 6.04 Å². The van der Waals surface area contributed by atoms with Crippen LogP contribution in [0.3, 0.4) is 0 Å². The van der Waals surface area contributed by atoms with Crippen molar-refractivity contribution >= 4 is 23.6 Å². The number of amides is 2. The highest BCUT2D eigenvalue weighted by molar-refractivity contribution is 7.99. The number of aryl methyl sites for hydroxylation is 1. The first-order chi connectivity index (χ1) is 19.0. The molecule has 2 amide bonds. The zero-order chi connectivity index (χ0) is 27.2. The molecular formula is C33H31FN2O2S. The van der Waals surface area contributed by atoms with E-state index in [4.69, 9.17) is 0 Å². The van der Waals surface area contributed by atoms with Crippen LogP contribution in [0.1, 0.15) is 50.3 Å². The maximum Gasteiger partial charge on any atom is 0.256 e. The monoisotopic (exact) mass is 538 g/mol. The van der Waals surface area contributed by atoms with E-state index in [2.05, 4.69) is 29.6 Å². The molecule has 1 N–H and O–H groups in total. The van der Waals surface area contributed by atoms with Crippen LogP contribution in [-0.4, -0.2) is 35.1 Å². The fraction of sp³-hybridized carbons (Fsp3) is 0.212. The summed E-state index contributed by atoms with van der Waals surface area (Å²) >= 11 is 1.53. The minimum atomic E-state index is -0.635. The lowest BCUT2D eigenvalue weighted by molar-refractivity contribution is -0.124. The highest BCUT2D eigenvalue weighted by atomic mass is 32.2. The topological polar surface area (TPSA) is 49.4 Å². The second kappa shape index (κ2) is 12.3. The minimum Gasteiger partial charge on any atom is -0.354 e. The van der Waals surface area contributed by atoms with Gasteiger partial charge in [-0.05, 0) is 53.8 Å². The van der Waals surface area contributed by atoms with E-state index in [1.54, 1.807) is 23.1 Å². The quantitative estimate of drug-likeness (QED) is 0.271. The number of carbonyl (C=O) groups excluding carboxylic acids is 2. The van der Waals surface area contributed by atoms with Gasteiger partial charge in [-0.25, -0.2) is 4.39 Å². The van der Waals surface area contributed by atoms with Gasteiger partial charge >= 0.3 is 0 Å². The molecule has 4 nitrogen and oxygen atoms in total. The molecule has 0 aromatic heterocycles. The number of rotatable bonds is 8. The van der Waals surface area contributed by atoms with Gasteiger partial charge in [-0.15, -0.1) is 11.8 Å². The molecule has 1 heterocycles. The van der Waals surface area contributed by atoms with Gasteiger partial charge in [0.15, 0.2) is 0 Å². The van der Waals surface area contributed by atoms with Crippen molar-refractivity contribution in [3.8, 4) is 0 Å². The van der Waals surface area contributed by atoms with Crippen LogP contribution < -0.4 is 5.32 Å². The van der Waals surface area contributed by atoms with Crippen molar-refractivity contribution in [1.29, 1.82) is 0 Å². The van der Waals surface area contributed by atoms with Gasteiger partial charge < -0.3 is 10.2 Å². The highest BCUT2D eigenvalue weighted by Crippen LogP contribution is 2.42. The van der Waals surface area contributed by atoms with Gasteiger partial charge in [-0.3, -0.25) is 9.59 Å². The number of thioether (sulfide) groups is 1. The third kappa shape index (κ3) is 6.07. The third-order valence-electron chi connectivity index (χ3n) is 7.20. The Kier molecular flexibility index (Phi) is 8.42. The maximum atomic E-state index is 13.8. The van der Waals surface area contributed by atoms with Gasteiger partial charge in [0.05, 0.1) is 0 Å². The first-order valence-electron chi connectivity index (χ1n) is 13.2. The first kappa shape index (κ1) is 26.7. The van der Waals surface area contributed by atoms with Gasteiger partial charge in [0.1, 0.15) is 17.2 Å². The number of carbonyl (C=O) groups is 2. The van der Waals surface area contributed by atoms with Gasteiger partial charge in [0.25, 0.3) is 5.91 Å². The molecule has 1 fully saturated rings. The molecular weight excluding hydrogens is 507 g/mol. The van der Waals surface area contributed by atoms with E-state index in [1.807, 2.05) is 61.5 Å². The summed E-state index contributed by atoms with van der Waals surface area (Å²) in [4.78, 5) is 29.1. The molecule has 4 aromatic rings. The van der Waals surface area contributed by atoms with Crippen molar-refractivity contribution in [3.05, 3.63) is 143 Å². The highest BCUT2D eigenvalue weighted by Gasteiger charge is 2.42. The van der Waals surface area contributed by atoms with Gasteiger partial charge in [0.2, 0.25) is 5.91 Å². The summed E-state index contributed by atoms with van der Waals surface area (Å²) in [5.41, 5.74) is 4.61. The molecule has 5 rings (SSSR count). The van der Waals surface area contributed by atoms with Crippen LogP contribution in [0.25, 0.3) is 0 Å². The molecule has 0 aliphatic carbocycles. The van der Waals surface area contributed by atoms with Gasteiger partial charge in [-0.2, -0.15) is 0 Å². The summed E-state index contributed by atoms with van der Waals surface area (Å²) in [5, 5.41) is 2.74. The third-order valence-corrected chi connectivity index (χ3v) is 8.53. The van der Waals surface area contributed by atoms with Crippen LogP contribution in [0.5, 0.6) is 0 Å². The molecule has 2 unspecified atom stereocenters. The Morgan fingerprint density at radius 2 is 1.46 bits per heavy atom. The molecule has 0 radical (unpaired) electrons. The predicted octanol–water partition coefficient (Wildman–Crippen LogP) is 6.73. The van der Waals surface area contributed by atoms with Crippen LogP contribution in [0.2, 0.25) is 0 Å². The van der Waals surface area contributed by atoms with Crippen molar-refractivity contribution in [1.82, 2.24) is 10.2 Å². The van der Waals surface area contributed by atoms with Crippen molar-refractivity contribution in [3.63, 3.8) is 0 Å². The molecule has 0 bridgehead atoms. The Morgan fingerprint density at radius 3 is 2.08 bits per heavy atom. The number of hydrogen-bond donors (Lipinski definition) is 1. The normalized spacial score (nSPS) is 16.8. The Hall–Kier alpha value is -3.90. The number of hydrogen-bond acceptors (Lipinski definition) is 3. The summed E-state index contributed by atoms with van der Waals surface area (Å²) in [5.74, 6) is -0.0961. The predicted molar refractivity (Wildman–Crippen MR) is 155 cm³/mol.